The fourth-order valence-electron chi connectivity index (χ4n) is 3.13. The van der Waals surface area contributed by atoms with Crippen LogP contribution in [-0.2, 0) is 0 Å². The van der Waals surface area contributed by atoms with Crippen molar-refractivity contribution >= 4 is 0 Å². The predicted molar refractivity (Wildman–Crippen MR) is 65.4 cm³/mol. The van der Waals surface area contributed by atoms with Crippen molar-refractivity contribution < 1.29 is 8.78 Å². The average Bonchev–Trinajstić information content (AvgIpc) is 2.63. The van der Waals surface area contributed by atoms with E-state index < -0.39 is 5.92 Å². The summed E-state index contributed by atoms with van der Waals surface area (Å²) in [6.45, 7) is 4.09. The Balaban J connectivity index is 1.62. The molecule has 2 fully saturated rings. The van der Waals surface area contributed by atoms with Gasteiger partial charge in [-0.2, -0.15) is 0 Å². The standard InChI is InChI=1S/C13H24F2N2/c1-17-6-4-12(10-17)9-16-8-11-3-2-5-13(14,15)7-11/h11-12,16H,2-10H2,1H3. The molecule has 2 rings (SSSR count). The summed E-state index contributed by atoms with van der Waals surface area (Å²) in [5, 5.41) is 3.40. The quantitative estimate of drug-likeness (QED) is 0.819. The molecule has 1 saturated heterocycles. The van der Waals surface area contributed by atoms with Gasteiger partial charge in [-0.25, -0.2) is 8.78 Å². The molecule has 1 aliphatic carbocycles. The van der Waals surface area contributed by atoms with Crippen LogP contribution in [0.4, 0.5) is 8.78 Å². The van der Waals surface area contributed by atoms with Crippen LogP contribution in [0.1, 0.15) is 32.1 Å². The minimum absolute atomic E-state index is 0.0879. The maximum atomic E-state index is 13.2. The van der Waals surface area contributed by atoms with E-state index >= 15 is 0 Å². The number of nitrogens with zero attached hydrogens (tertiary/aromatic N) is 1. The maximum Gasteiger partial charge on any atom is 0.248 e. The minimum Gasteiger partial charge on any atom is -0.316 e. The molecule has 2 unspecified atom stereocenters. The number of likely N-dealkylation sites (tertiary alicyclic amines) is 1. The lowest BCUT2D eigenvalue weighted by atomic mass is 9.86. The van der Waals surface area contributed by atoms with Gasteiger partial charge >= 0.3 is 0 Å². The Bertz CT molecular complexity index is 246. The molecule has 0 aromatic rings. The maximum absolute atomic E-state index is 13.2. The second kappa shape index (κ2) is 5.61. The first-order valence-electron chi connectivity index (χ1n) is 6.82. The Labute approximate surface area is 103 Å². The van der Waals surface area contributed by atoms with Crippen LogP contribution in [0.3, 0.4) is 0 Å². The lowest BCUT2D eigenvalue weighted by Crippen LogP contribution is -2.34. The molecule has 2 aliphatic rings. The zero-order valence-electron chi connectivity index (χ0n) is 10.7. The second-order valence-corrected chi connectivity index (χ2v) is 5.89. The molecule has 100 valence electrons. The van der Waals surface area contributed by atoms with Crippen molar-refractivity contribution in [2.75, 3.05) is 33.2 Å². The zero-order valence-corrected chi connectivity index (χ0v) is 10.7. The third kappa shape index (κ3) is 4.18. The Kier molecular flexibility index (Phi) is 4.36. The summed E-state index contributed by atoms with van der Waals surface area (Å²) < 4.78 is 26.4. The molecule has 1 heterocycles. The Hall–Kier alpha value is -0.220. The fourth-order valence-corrected chi connectivity index (χ4v) is 3.13. The smallest absolute Gasteiger partial charge is 0.248 e. The van der Waals surface area contributed by atoms with Crippen molar-refractivity contribution in [1.29, 1.82) is 0 Å². The molecule has 0 bridgehead atoms. The Morgan fingerprint density at radius 3 is 2.65 bits per heavy atom. The van der Waals surface area contributed by atoms with Crippen LogP contribution in [0.2, 0.25) is 0 Å². The molecule has 1 saturated carbocycles. The van der Waals surface area contributed by atoms with Gasteiger partial charge in [-0.1, -0.05) is 0 Å². The molecule has 0 amide bonds. The van der Waals surface area contributed by atoms with Gasteiger partial charge in [0.1, 0.15) is 0 Å². The summed E-state index contributed by atoms with van der Waals surface area (Å²) in [5.74, 6) is -1.51. The number of alkyl halides is 2. The van der Waals surface area contributed by atoms with Crippen LogP contribution < -0.4 is 5.32 Å². The van der Waals surface area contributed by atoms with Crippen molar-refractivity contribution in [3.8, 4) is 0 Å². The summed E-state index contributed by atoms with van der Waals surface area (Å²) >= 11 is 0. The van der Waals surface area contributed by atoms with Crippen molar-refractivity contribution in [3.05, 3.63) is 0 Å². The van der Waals surface area contributed by atoms with Crippen LogP contribution in [0.5, 0.6) is 0 Å². The molecule has 2 atom stereocenters. The van der Waals surface area contributed by atoms with Gasteiger partial charge in [-0.05, 0) is 57.8 Å². The van der Waals surface area contributed by atoms with Gasteiger partial charge in [0.05, 0.1) is 0 Å². The first-order chi connectivity index (χ1) is 8.05. The molecule has 2 nitrogen and oxygen atoms in total. The summed E-state index contributed by atoms with van der Waals surface area (Å²) in [7, 11) is 2.14. The highest BCUT2D eigenvalue weighted by Crippen LogP contribution is 2.36. The first-order valence-corrected chi connectivity index (χ1v) is 6.82. The number of hydrogen-bond donors (Lipinski definition) is 1. The van der Waals surface area contributed by atoms with Crippen LogP contribution >= 0.6 is 0 Å². The number of hydrogen-bond acceptors (Lipinski definition) is 2. The molecule has 1 N–H and O–H groups in total. The average molecular weight is 246 g/mol. The number of nitrogens with one attached hydrogen (secondary N) is 1. The van der Waals surface area contributed by atoms with Gasteiger partial charge in [-0.15, -0.1) is 0 Å². The Morgan fingerprint density at radius 2 is 2.00 bits per heavy atom. The zero-order chi connectivity index (χ0) is 12.3. The lowest BCUT2D eigenvalue weighted by Gasteiger charge is -2.29. The molecule has 17 heavy (non-hydrogen) atoms. The van der Waals surface area contributed by atoms with Gasteiger partial charge in [-0.3, -0.25) is 0 Å². The molecule has 4 heteroatoms. The van der Waals surface area contributed by atoms with E-state index in [-0.39, 0.29) is 18.8 Å². The number of halogens is 2. The summed E-state index contributed by atoms with van der Waals surface area (Å²) in [6.07, 6.45) is 3.07. The van der Waals surface area contributed by atoms with Gasteiger partial charge in [0.15, 0.2) is 0 Å². The normalized spacial score (nSPS) is 34.1. The molecular formula is C13H24F2N2. The summed E-state index contributed by atoms with van der Waals surface area (Å²) in [5.41, 5.74) is 0. The highest BCUT2D eigenvalue weighted by atomic mass is 19.3. The van der Waals surface area contributed by atoms with Gasteiger partial charge in [0, 0.05) is 19.4 Å². The third-order valence-electron chi connectivity index (χ3n) is 4.10. The van der Waals surface area contributed by atoms with Crippen molar-refractivity contribution in [2.45, 2.75) is 38.0 Å². The van der Waals surface area contributed by atoms with Gasteiger partial charge in [0.2, 0.25) is 5.92 Å². The van der Waals surface area contributed by atoms with E-state index in [4.69, 9.17) is 0 Å². The van der Waals surface area contributed by atoms with Crippen LogP contribution in [0.15, 0.2) is 0 Å². The van der Waals surface area contributed by atoms with Crippen molar-refractivity contribution in [1.82, 2.24) is 10.2 Å². The molecule has 0 spiro atoms. The van der Waals surface area contributed by atoms with E-state index in [1.165, 1.54) is 13.0 Å². The van der Waals surface area contributed by atoms with Crippen LogP contribution in [-0.4, -0.2) is 44.0 Å². The summed E-state index contributed by atoms with van der Waals surface area (Å²) in [6, 6.07) is 0. The van der Waals surface area contributed by atoms with E-state index in [2.05, 4.69) is 17.3 Å². The molecule has 0 radical (unpaired) electrons. The van der Waals surface area contributed by atoms with E-state index in [0.717, 1.165) is 26.1 Å². The minimum atomic E-state index is -2.40. The molecule has 0 aromatic carbocycles. The largest absolute Gasteiger partial charge is 0.316 e. The Morgan fingerprint density at radius 1 is 1.24 bits per heavy atom. The SMILES string of the molecule is CN1CCC(CNCC2CCCC(F)(F)C2)C1. The van der Waals surface area contributed by atoms with Gasteiger partial charge in [0.25, 0.3) is 0 Å². The predicted octanol–water partition coefficient (Wildman–Crippen LogP) is 2.35. The second-order valence-electron chi connectivity index (χ2n) is 5.89. The summed E-state index contributed by atoms with van der Waals surface area (Å²) in [4.78, 5) is 2.33. The molecule has 0 aromatic heterocycles. The first kappa shape index (κ1) is 13.2. The fraction of sp³-hybridized carbons (Fsp3) is 1.00. The van der Waals surface area contributed by atoms with Gasteiger partial charge < -0.3 is 10.2 Å². The number of rotatable bonds is 4. The topological polar surface area (TPSA) is 15.3 Å². The lowest BCUT2D eigenvalue weighted by molar-refractivity contribution is -0.0520. The van der Waals surface area contributed by atoms with Crippen molar-refractivity contribution in [2.24, 2.45) is 11.8 Å². The molecule has 1 aliphatic heterocycles. The van der Waals surface area contributed by atoms with Crippen LogP contribution in [0.25, 0.3) is 0 Å². The monoisotopic (exact) mass is 246 g/mol. The highest BCUT2D eigenvalue weighted by Gasteiger charge is 2.35. The van der Waals surface area contributed by atoms with E-state index in [1.807, 2.05) is 0 Å². The van der Waals surface area contributed by atoms with Crippen molar-refractivity contribution in [3.63, 3.8) is 0 Å². The van der Waals surface area contributed by atoms with E-state index in [1.54, 1.807) is 0 Å². The van der Waals surface area contributed by atoms with Crippen LogP contribution in [0, 0.1) is 11.8 Å². The van der Waals surface area contributed by atoms with E-state index in [9.17, 15) is 8.78 Å². The van der Waals surface area contributed by atoms with E-state index in [0.29, 0.717) is 12.3 Å². The highest BCUT2D eigenvalue weighted by molar-refractivity contribution is 4.81. The molecular weight excluding hydrogens is 222 g/mol. The third-order valence-corrected chi connectivity index (χ3v) is 4.10.